The molecule has 0 spiro atoms. The van der Waals surface area contributed by atoms with E-state index < -0.39 is 26.1 Å². The van der Waals surface area contributed by atoms with Gasteiger partial charge in [-0.2, -0.15) is 10.4 Å². The highest BCUT2D eigenvalue weighted by molar-refractivity contribution is 7.92. The third kappa shape index (κ3) is 4.29. The van der Waals surface area contributed by atoms with Gasteiger partial charge in [0, 0.05) is 25.2 Å². The number of nitriles is 1. The lowest BCUT2D eigenvalue weighted by Gasteiger charge is -2.16. The number of aryl methyl sites for hydroxylation is 1. The van der Waals surface area contributed by atoms with E-state index in [0.717, 1.165) is 5.56 Å². The molecule has 11 heteroatoms. The number of sulfone groups is 1. The third-order valence-corrected chi connectivity index (χ3v) is 7.94. The fraction of sp³-hybridized carbons (Fsp3) is 0.318. The van der Waals surface area contributed by atoms with E-state index >= 15 is 0 Å². The maximum absolute atomic E-state index is 12.9. The van der Waals surface area contributed by atoms with Crippen molar-refractivity contribution in [2.24, 2.45) is 7.05 Å². The monoisotopic (exact) mass is 467 g/mol. The molecule has 0 unspecified atom stereocenters. The van der Waals surface area contributed by atoms with Crippen molar-refractivity contribution in [2.75, 3.05) is 12.9 Å². The van der Waals surface area contributed by atoms with Crippen LogP contribution in [-0.4, -0.2) is 46.7 Å². The number of pyridine rings is 1. The second-order valence-corrected chi connectivity index (χ2v) is 10.5. The Morgan fingerprint density at radius 3 is 2.61 bits per heavy atom. The molecule has 33 heavy (non-hydrogen) atoms. The standard InChI is InChI=1S/C22H21N5O5S/c1-27-18-16(12-25-26-20(18)32-13-22(7-8-22)33(2,30)31)9-17(21(27)29)19(28)24-11-15-5-3-14(10-23)4-6-15/h3-6,9,12H,7-8,11,13H2,1-2H3,(H,24,28). The zero-order chi connectivity index (χ0) is 23.8. The van der Waals surface area contributed by atoms with Crippen LogP contribution in [0.15, 0.2) is 41.3 Å². The molecule has 2 heterocycles. The first kappa shape index (κ1) is 22.4. The van der Waals surface area contributed by atoms with Crippen LogP contribution in [0.5, 0.6) is 5.88 Å². The molecule has 1 aliphatic rings. The van der Waals surface area contributed by atoms with E-state index in [1.807, 2.05) is 6.07 Å². The molecule has 0 radical (unpaired) electrons. The van der Waals surface area contributed by atoms with E-state index in [-0.39, 0.29) is 24.6 Å². The molecule has 10 nitrogen and oxygen atoms in total. The number of amides is 1. The van der Waals surface area contributed by atoms with E-state index in [2.05, 4.69) is 15.5 Å². The number of hydrogen-bond donors (Lipinski definition) is 1. The van der Waals surface area contributed by atoms with Gasteiger partial charge in [0.25, 0.3) is 17.3 Å². The average Bonchev–Trinajstić information content (AvgIpc) is 3.60. The van der Waals surface area contributed by atoms with Crippen LogP contribution in [0.4, 0.5) is 0 Å². The van der Waals surface area contributed by atoms with Crippen LogP contribution in [0.25, 0.3) is 10.9 Å². The van der Waals surface area contributed by atoms with Gasteiger partial charge in [-0.15, -0.1) is 5.10 Å². The summed E-state index contributed by atoms with van der Waals surface area (Å²) in [5, 5.41) is 19.8. The van der Waals surface area contributed by atoms with Gasteiger partial charge in [0.05, 0.1) is 17.8 Å². The van der Waals surface area contributed by atoms with E-state index in [9.17, 15) is 18.0 Å². The number of aromatic nitrogens is 3. The quantitative estimate of drug-likeness (QED) is 0.544. The Morgan fingerprint density at radius 2 is 2.00 bits per heavy atom. The van der Waals surface area contributed by atoms with Gasteiger partial charge in [-0.1, -0.05) is 12.1 Å². The summed E-state index contributed by atoms with van der Waals surface area (Å²) in [5.41, 5.74) is 0.982. The average molecular weight is 468 g/mol. The minimum Gasteiger partial charge on any atom is -0.473 e. The molecule has 0 bridgehead atoms. The summed E-state index contributed by atoms with van der Waals surface area (Å²) in [4.78, 5) is 25.6. The first-order chi connectivity index (χ1) is 15.6. The first-order valence-corrected chi connectivity index (χ1v) is 12.0. The topological polar surface area (TPSA) is 144 Å². The number of hydrogen-bond acceptors (Lipinski definition) is 8. The van der Waals surface area contributed by atoms with Crippen molar-refractivity contribution in [1.29, 1.82) is 5.26 Å². The number of benzene rings is 1. The van der Waals surface area contributed by atoms with E-state index in [4.69, 9.17) is 10.00 Å². The number of nitrogens with zero attached hydrogens (tertiary/aromatic N) is 4. The van der Waals surface area contributed by atoms with Crippen LogP contribution >= 0.6 is 0 Å². The minimum atomic E-state index is -3.29. The second-order valence-electron chi connectivity index (χ2n) is 8.11. The van der Waals surface area contributed by atoms with Crippen molar-refractivity contribution >= 4 is 26.6 Å². The largest absolute Gasteiger partial charge is 0.473 e. The Balaban J connectivity index is 1.58. The maximum atomic E-state index is 12.9. The first-order valence-electron chi connectivity index (χ1n) is 10.1. The molecule has 1 aliphatic carbocycles. The fourth-order valence-electron chi connectivity index (χ4n) is 3.51. The Bertz CT molecular complexity index is 1450. The van der Waals surface area contributed by atoms with E-state index in [0.29, 0.717) is 29.3 Å². The molecular formula is C22H21N5O5S. The molecule has 0 atom stereocenters. The molecule has 0 aliphatic heterocycles. The summed E-state index contributed by atoms with van der Waals surface area (Å²) in [6.07, 6.45) is 3.60. The molecule has 1 fully saturated rings. The fourth-order valence-corrected chi connectivity index (χ4v) is 4.63. The van der Waals surface area contributed by atoms with Crippen molar-refractivity contribution in [3.8, 4) is 11.9 Å². The van der Waals surface area contributed by atoms with Crippen LogP contribution < -0.4 is 15.6 Å². The van der Waals surface area contributed by atoms with Gasteiger partial charge >= 0.3 is 0 Å². The molecule has 1 amide bonds. The Hall–Kier alpha value is -3.78. The van der Waals surface area contributed by atoms with Gasteiger partial charge in [0.15, 0.2) is 9.84 Å². The Morgan fingerprint density at radius 1 is 1.30 bits per heavy atom. The van der Waals surface area contributed by atoms with Crippen LogP contribution in [0.1, 0.15) is 34.3 Å². The van der Waals surface area contributed by atoms with Crippen molar-refractivity contribution in [1.82, 2.24) is 20.1 Å². The zero-order valence-corrected chi connectivity index (χ0v) is 18.8. The summed E-state index contributed by atoms with van der Waals surface area (Å²) in [6.45, 7) is 0.100. The van der Waals surface area contributed by atoms with Gasteiger partial charge in [-0.25, -0.2) is 8.42 Å². The number of carbonyl (C=O) groups is 1. The zero-order valence-electron chi connectivity index (χ0n) is 18.0. The Labute approximate surface area is 189 Å². The smallest absolute Gasteiger partial charge is 0.263 e. The molecule has 1 saturated carbocycles. The predicted octanol–water partition coefficient (Wildman–Crippen LogP) is 1.09. The highest BCUT2D eigenvalue weighted by Crippen LogP contribution is 2.43. The van der Waals surface area contributed by atoms with Gasteiger partial charge in [0.2, 0.25) is 0 Å². The number of nitrogens with one attached hydrogen (secondary N) is 1. The van der Waals surface area contributed by atoms with E-state index in [1.165, 1.54) is 30.1 Å². The van der Waals surface area contributed by atoms with E-state index in [1.54, 1.807) is 24.3 Å². The van der Waals surface area contributed by atoms with Crippen LogP contribution in [0, 0.1) is 11.3 Å². The summed E-state index contributed by atoms with van der Waals surface area (Å²) in [5.74, 6) is -0.526. The molecule has 3 aromatic rings. The molecule has 170 valence electrons. The van der Waals surface area contributed by atoms with Gasteiger partial charge < -0.3 is 14.6 Å². The lowest BCUT2D eigenvalue weighted by molar-refractivity contribution is 0.0949. The number of carbonyl (C=O) groups excluding carboxylic acids is 1. The third-order valence-electron chi connectivity index (χ3n) is 5.84. The summed E-state index contributed by atoms with van der Waals surface area (Å²) >= 11 is 0. The van der Waals surface area contributed by atoms with Crippen molar-refractivity contribution in [3.05, 3.63) is 63.6 Å². The van der Waals surface area contributed by atoms with Gasteiger partial charge in [0.1, 0.15) is 22.4 Å². The molecule has 1 aromatic carbocycles. The lowest BCUT2D eigenvalue weighted by Crippen LogP contribution is -2.32. The Kier molecular flexibility index (Phi) is 5.63. The van der Waals surface area contributed by atoms with Crippen LogP contribution in [0.3, 0.4) is 0 Å². The molecule has 1 N–H and O–H groups in total. The van der Waals surface area contributed by atoms with Crippen molar-refractivity contribution < 1.29 is 17.9 Å². The number of ether oxygens (including phenoxy) is 1. The predicted molar refractivity (Wildman–Crippen MR) is 119 cm³/mol. The molecule has 0 saturated heterocycles. The number of fused-ring (bicyclic) bond motifs is 1. The summed E-state index contributed by atoms with van der Waals surface area (Å²) < 4.78 is 30.0. The summed E-state index contributed by atoms with van der Waals surface area (Å²) in [7, 11) is -1.81. The van der Waals surface area contributed by atoms with Crippen molar-refractivity contribution in [3.63, 3.8) is 0 Å². The highest BCUT2D eigenvalue weighted by atomic mass is 32.2. The normalized spacial score (nSPS) is 14.5. The van der Waals surface area contributed by atoms with Crippen molar-refractivity contribution in [2.45, 2.75) is 24.1 Å². The summed E-state index contributed by atoms with van der Waals surface area (Å²) in [6, 6.07) is 10.2. The maximum Gasteiger partial charge on any atom is 0.263 e. The highest BCUT2D eigenvalue weighted by Gasteiger charge is 2.53. The minimum absolute atomic E-state index is 0.0339. The molecule has 2 aromatic heterocycles. The molecule has 4 rings (SSSR count). The number of rotatable bonds is 7. The second kappa shape index (κ2) is 8.29. The lowest BCUT2D eigenvalue weighted by atomic mass is 10.1. The van der Waals surface area contributed by atoms with Gasteiger partial charge in [-0.3, -0.25) is 9.59 Å². The SMILES string of the molecule is Cn1c(=O)c(C(=O)NCc2ccc(C#N)cc2)cc2cnnc(OCC3(S(C)(=O)=O)CC3)c21. The van der Waals surface area contributed by atoms with Gasteiger partial charge in [-0.05, 0) is 36.6 Å². The van der Waals surface area contributed by atoms with Crippen LogP contribution in [-0.2, 0) is 23.4 Å². The van der Waals surface area contributed by atoms with Crippen LogP contribution in [0.2, 0.25) is 0 Å². The molecular weight excluding hydrogens is 446 g/mol.